The van der Waals surface area contributed by atoms with Crippen molar-refractivity contribution >= 4 is 11.5 Å². The third-order valence-electron chi connectivity index (χ3n) is 3.69. The van der Waals surface area contributed by atoms with Crippen molar-refractivity contribution in [2.45, 2.75) is 39.2 Å². The first-order valence-corrected chi connectivity index (χ1v) is 6.98. The van der Waals surface area contributed by atoms with Crippen molar-refractivity contribution in [2.75, 3.05) is 7.05 Å². The quantitative estimate of drug-likeness (QED) is 0.881. The predicted molar refractivity (Wildman–Crippen MR) is 67.4 cm³/mol. The Labute approximate surface area is 102 Å². The third kappa shape index (κ3) is 2.61. The molecule has 90 valence electrons. The Bertz CT molecular complexity index is 302. The molecule has 16 heavy (non-hydrogen) atoms. The van der Waals surface area contributed by atoms with E-state index in [4.69, 9.17) is 0 Å². The highest BCUT2D eigenvalue weighted by molar-refractivity contribution is 7.03. The van der Waals surface area contributed by atoms with Crippen LogP contribution in [-0.4, -0.2) is 16.6 Å². The van der Waals surface area contributed by atoms with Crippen LogP contribution in [0.2, 0.25) is 0 Å². The van der Waals surface area contributed by atoms with Gasteiger partial charge in [0, 0.05) is 5.38 Å². The zero-order valence-electron chi connectivity index (χ0n) is 10.3. The molecule has 4 heteroatoms. The maximum Gasteiger partial charge on any atom is 0.0927 e. The van der Waals surface area contributed by atoms with Gasteiger partial charge in [-0.05, 0) is 55.6 Å². The molecule has 0 radical (unpaired) electrons. The molecule has 1 saturated carbocycles. The van der Waals surface area contributed by atoms with E-state index < -0.39 is 0 Å². The summed E-state index contributed by atoms with van der Waals surface area (Å²) in [7, 11) is 2.04. The fourth-order valence-electron chi connectivity index (χ4n) is 3.21. The molecular formula is C12H21N3S. The van der Waals surface area contributed by atoms with Gasteiger partial charge in [-0.15, -0.1) is 5.10 Å². The molecule has 2 rings (SSSR count). The van der Waals surface area contributed by atoms with Crippen LogP contribution in [0.25, 0.3) is 0 Å². The van der Waals surface area contributed by atoms with E-state index in [0.29, 0.717) is 12.0 Å². The van der Waals surface area contributed by atoms with Crippen LogP contribution in [-0.2, 0) is 0 Å². The number of hydrogen-bond acceptors (Lipinski definition) is 4. The fraction of sp³-hybridized carbons (Fsp3) is 0.833. The molecule has 0 aliphatic heterocycles. The summed E-state index contributed by atoms with van der Waals surface area (Å²) in [5.74, 6) is 2.40. The summed E-state index contributed by atoms with van der Waals surface area (Å²) in [6.07, 6.45) is 4.00. The van der Waals surface area contributed by atoms with Crippen molar-refractivity contribution < 1.29 is 0 Å². The molecule has 0 aromatic carbocycles. The summed E-state index contributed by atoms with van der Waals surface area (Å²) in [5.41, 5.74) is 1.12. The Kier molecular flexibility index (Phi) is 3.92. The normalized spacial score (nSPS) is 32.6. The van der Waals surface area contributed by atoms with E-state index in [2.05, 4.69) is 34.1 Å². The van der Waals surface area contributed by atoms with E-state index in [9.17, 15) is 0 Å². The molecule has 0 saturated heterocycles. The lowest BCUT2D eigenvalue weighted by Gasteiger charge is -2.35. The van der Waals surface area contributed by atoms with Gasteiger partial charge in [0.25, 0.3) is 0 Å². The molecule has 1 N–H and O–H groups in total. The lowest BCUT2D eigenvalue weighted by molar-refractivity contribution is 0.179. The Morgan fingerprint density at radius 2 is 2.00 bits per heavy atom. The highest BCUT2D eigenvalue weighted by Crippen LogP contribution is 2.39. The highest BCUT2D eigenvalue weighted by Gasteiger charge is 2.31. The molecular weight excluding hydrogens is 218 g/mol. The van der Waals surface area contributed by atoms with Gasteiger partial charge >= 0.3 is 0 Å². The molecule has 1 aliphatic carbocycles. The zero-order valence-corrected chi connectivity index (χ0v) is 11.1. The Morgan fingerprint density at radius 3 is 2.50 bits per heavy atom. The van der Waals surface area contributed by atoms with Crippen molar-refractivity contribution in [3.63, 3.8) is 0 Å². The Morgan fingerprint density at radius 1 is 1.31 bits per heavy atom. The van der Waals surface area contributed by atoms with Gasteiger partial charge in [0.1, 0.15) is 0 Å². The average molecular weight is 239 g/mol. The fourth-order valence-corrected chi connectivity index (χ4v) is 3.70. The molecule has 0 spiro atoms. The second-order valence-corrected chi connectivity index (χ2v) is 5.88. The van der Waals surface area contributed by atoms with E-state index in [1.807, 2.05) is 7.05 Å². The summed E-state index contributed by atoms with van der Waals surface area (Å²) >= 11 is 1.45. The van der Waals surface area contributed by atoms with Crippen LogP contribution in [0.3, 0.4) is 0 Å². The third-order valence-corrected chi connectivity index (χ3v) is 4.22. The monoisotopic (exact) mass is 239 g/mol. The zero-order chi connectivity index (χ0) is 11.5. The van der Waals surface area contributed by atoms with Crippen molar-refractivity contribution in [1.29, 1.82) is 0 Å². The number of rotatable bonds is 3. The number of nitrogens with zero attached hydrogens (tertiary/aromatic N) is 2. The minimum atomic E-state index is 0.393. The lowest BCUT2D eigenvalue weighted by atomic mass is 9.73. The Balaban J connectivity index is 2.09. The molecule has 3 nitrogen and oxygen atoms in total. The van der Waals surface area contributed by atoms with Gasteiger partial charge in [-0.1, -0.05) is 18.3 Å². The molecule has 0 bridgehead atoms. The van der Waals surface area contributed by atoms with Crippen LogP contribution in [0, 0.1) is 17.8 Å². The summed E-state index contributed by atoms with van der Waals surface area (Å²) in [5, 5.41) is 9.71. The van der Waals surface area contributed by atoms with Gasteiger partial charge in [0.05, 0.1) is 11.7 Å². The second kappa shape index (κ2) is 5.23. The Hall–Kier alpha value is -0.480. The minimum absolute atomic E-state index is 0.393. The molecule has 1 aromatic rings. The topological polar surface area (TPSA) is 37.8 Å². The van der Waals surface area contributed by atoms with E-state index in [0.717, 1.165) is 17.5 Å². The maximum atomic E-state index is 4.22. The van der Waals surface area contributed by atoms with E-state index in [1.165, 1.54) is 30.8 Å². The van der Waals surface area contributed by atoms with E-state index in [-0.39, 0.29) is 0 Å². The van der Waals surface area contributed by atoms with Crippen LogP contribution < -0.4 is 5.32 Å². The first-order valence-electron chi connectivity index (χ1n) is 6.15. The SMILES string of the molecule is CNC(c1csnn1)C1CC(C)CC(C)C1. The first-order chi connectivity index (χ1) is 7.70. The maximum absolute atomic E-state index is 4.22. The molecule has 1 aliphatic rings. The minimum Gasteiger partial charge on any atom is -0.311 e. The highest BCUT2D eigenvalue weighted by atomic mass is 32.1. The van der Waals surface area contributed by atoms with Crippen LogP contribution >= 0.6 is 11.5 Å². The van der Waals surface area contributed by atoms with Gasteiger partial charge in [0.15, 0.2) is 0 Å². The lowest BCUT2D eigenvalue weighted by Crippen LogP contribution is -2.31. The van der Waals surface area contributed by atoms with Gasteiger partial charge in [-0.3, -0.25) is 0 Å². The smallest absolute Gasteiger partial charge is 0.0927 e. The second-order valence-electron chi connectivity index (χ2n) is 5.27. The molecule has 1 aromatic heterocycles. The van der Waals surface area contributed by atoms with Crippen molar-refractivity contribution in [1.82, 2.24) is 14.9 Å². The summed E-state index contributed by atoms with van der Waals surface area (Å²) in [6, 6.07) is 0.393. The summed E-state index contributed by atoms with van der Waals surface area (Å²) in [4.78, 5) is 0. The van der Waals surface area contributed by atoms with Gasteiger partial charge in [-0.2, -0.15) is 0 Å². The van der Waals surface area contributed by atoms with Crippen LogP contribution in [0.1, 0.15) is 44.8 Å². The van der Waals surface area contributed by atoms with Crippen LogP contribution in [0.15, 0.2) is 5.38 Å². The molecule has 0 amide bonds. The van der Waals surface area contributed by atoms with Gasteiger partial charge in [-0.25, -0.2) is 0 Å². The van der Waals surface area contributed by atoms with E-state index in [1.54, 1.807) is 0 Å². The standard InChI is InChI=1S/C12H21N3S/c1-8-4-9(2)6-10(5-8)12(13-3)11-7-16-15-14-11/h7-10,12-13H,4-6H2,1-3H3. The van der Waals surface area contributed by atoms with Crippen molar-refractivity contribution in [2.24, 2.45) is 17.8 Å². The molecule has 1 heterocycles. The molecule has 3 unspecified atom stereocenters. The average Bonchev–Trinajstić information content (AvgIpc) is 2.70. The predicted octanol–water partition coefficient (Wildman–Crippen LogP) is 2.87. The summed E-state index contributed by atoms with van der Waals surface area (Å²) in [6.45, 7) is 4.74. The number of nitrogens with one attached hydrogen (secondary N) is 1. The largest absolute Gasteiger partial charge is 0.311 e. The van der Waals surface area contributed by atoms with Gasteiger partial charge in [0.2, 0.25) is 0 Å². The van der Waals surface area contributed by atoms with Gasteiger partial charge < -0.3 is 5.32 Å². The molecule has 3 atom stereocenters. The van der Waals surface area contributed by atoms with Crippen molar-refractivity contribution in [3.05, 3.63) is 11.1 Å². The van der Waals surface area contributed by atoms with Crippen molar-refractivity contribution in [3.8, 4) is 0 Å². The van der Waals surface area contributed by atoms with Crippen LogP contribution in [0.4, 0.5) is 0 Å². The van der Waals surface area contributed by atoms with E-state index >= 15 is 0 Å². The summed E-state index contributed by atoms with van der Waals surface area (Å²) < 4.78 is 3.98. The van der Waals surface area contributed by atoms with Crippen LogP contribution in [0.5, 0.6) is 0 Å². The molecule has 1 fully saturated rings. The first kappa shape index (κ1) is 12.0. The number of aromatic nitrogens is 2. The number of hydrogen-bond donors (Lipinski definition) is 1.